The maximum absolute atomic E-state index is 13.2. The lowest BCUT2D eigenvalue weighted by atomic mass is 10.2. The standard InChI is InChI=1S/C24H18F2N8O/c25-21(26)18-6-3-7-19(30-18)22-32-23(20-8-4-12-34(20)33-22)31-17-9-11-27-14-16(17)24(35)29-13-15-5-1-2-10-28-15/h1-12,14,21H,13H2,(H,29,35)(H,27,31,32,33). The summed E-state index contributed by atoms with van der Waals surface area (Å²) < 4.78 is 27.9. The van der Waals surface area contributed by atoms with E-state index < -0.39 is 6.43 Å². The SMILES string of the molecule is O=C(NCc1ccccn1)c1cnccc1Nc1nc(-c2cccc(C(F)F)n2)nn2cccc12. The fraction of sp³-hybridized carbons (Fsp3) is 0.0833. The molecule has 11 heteroatoms. The van der Waals surface area contributed by atoms with Gasteiger partial charge in [0.05, 0.1) is 23.5 Å². The molecule has 0 bridgehead atoms. The van der Waals surface area contributed by atoms with Gasteiger partial charge in [0, 0.05) is 24.8 Å². The van der Waals surface area contributed by atoms with Gasteiger partial charge in [-0.2, -0.15) is 0 Å². The van der Waals surface area contributed by atoms with Crippen LogP contribution in [0.25, 0.3) is 17.0 Å². The van der Waals surface area contributed by atoms with Gasteiger partial charge in [-0.1, -0.05) is 12.1 Å². The predicted octanol–water partition coefficient (Wildman–Crippen LogP) is 4.19. The fourth-order valence-electron chi connectivity index (χ4n) is 3.41. The molecule has 0 radical (unpaired) electrons. The van der Waals surface area contributed by atoms with Gasteiger partial charge in [-0.05, 0) is 42.5 Å². The summed E-state index contributed by atoms with van der Waals surface area (Å²) in [7, 11) is 0. The highest BCUT2D eigenvalue weighted by Crippen LogP contribution is 2.26. The Labute approximate surface area is 197 Å². The van der Waals surface area contributed by atoms with Crippen LogP contribution in [0.4, 0.5) is 20.3 Å². The van der Waals surface area contributed by atoms with Gasteiger partial charge in [0.2, 0.25) is 5.82 Å². The van der Waals surface area contributed by atoms with Crippen LogP contribution in [-0.4, -0.2) is 35.5 Å². The molecule has 0 saturated heterocycles. The Bertz CT molecular complexity index is 1490. The number of alkyl halides is 2. The molecule has 35 heavy (non-hydrogen) atoms. The van der Waals surface area contributed by atoms with Crippen molar-refractivity contribution in [1.29, 1.82) is 0 Å². The third-order valence-corrected chi connectivity index (χ3v) is 5.09. The summed E-state index contributed by atoms with van der Waals surface area (Å²) in [5, 5.41) is 10.4. The van der Waals surface area contributed by atoms with Crippen LogP contribution in [0.15, 0.2) is 79.4 Å². The van der Waals surface area contributed by atoms with Gasteiger partial charge in [-0.15, -0.1) is 5.10 Å². The second-order valence-corrected chi connectivity index (χ2v) is 7.42. The zero-order valence-corrected chi connectivity index (χ0v) is 18.1. The van der Waals surface area contributed by atoms with Gasteiger partial charge in [-0.25, -0.2) is 23.3 Å². The topological polar surface area (TPSA) is 110 Å². The number of halogens is 2. The monoisotopic (exact) mass is 472 g/mol. The lowest BCUT2D eigenvalue weighted by molar-refractivity contribution is 0.0951. The van der Waals surface area contributed by atoms with Crippen molar-refractivity contribution in [2.75, 3.05) is 5.32 Å². The molecule has 5 aromatic rings. The number of rotatable bonds is 7. The van der Waals surface area contributed by atoms with E-state index in [9.17, 15) is 13.6 Å². The highest BCUT2D eigenvalue weighted by atomic mass is 19.3. The van der Waals surface area contributed by atoms with Crippen LogP contribution in [0.3, 0.4) is 0 Å². The number of hydrogen-bond acceptors (Lipinski definition) is 7. The molecule has 5 heterocycles. The highest BCUT2D eigenvalue weighted by molar-refractivity contribution is 6.00. The third kappa shape index (κ3) is 4.78. The zero-order chi connectivity index (χ0) is 24.2. The number of anilines is 2. The lowest BCUT2D eigenvalue weighted by Crippen LogP contribution is -2.24. The second kappa shape index (κ2) is 9.59. The van der Waals surface area contributed by atoms with Gasteiger partial charge in [0.15, 0.2) is 5.82 Å². The summed E-state index contributed by atoms with van der Waals surface area (Å²) in [6, 6.07) is 14.9. The van der Waals surface area contributed by atoms with E-state index in [0.717, 1.165) is 0 Å². The molecule has 1 amide bonds. The van der Waals surface area contributed by atoms with Gasteiger partial charge in [0.25, 0.3) is 12.3 Å². The van der Waals surface area contributed by atoms with Crippen molar-refractivity contribution >= 4 is 22.9 Å². The molecule has 0 spiro atoms. The Morgan fingerprint density at radius 1 is 1.00 bits per heavy atom. The Morgan fingerprint density at radius 2 is 1.91 bits per heavy atom. The maximum Gasteiger partial charge on any atom is 0.280 e. The number of nitrogens with zero attached hydrogens (tertiary/aromatic N) is 6. The van der Waals surface area contributed by atoms with E-state index >= 15 is 0 Å². The number of aromatic nitrogens is 6. The fourth-order valence-corrected chi connectivity index (χ4v) is 3.41. The first-order chi connectivity index (χ1) is 17.1. The van der Waals surface area contributed by atoms with E-state index in [1.807, 2.05) is 12.1 Å². The summed E-state index contributed by atoms with van der Waals surface area (Å²) in [5.41, 5.74) is 1.92. The van der Waals surface area contributed by atoms with Gasteiger partial charge < -0.3 is 10.6 Å². The maximum atomic E-state index is 13.2. The first-order valence-electron chi connectivity index (χ1n) is 10.6. The molecule has 5 rings (SSSR count). The molecule has 0 unspecified atom stereocenters. The normalized spacial score (nSPS) is 11.1. The van der Waals surface area contributed by atoms with E-state index in [2.05, 4.69) is 35.7 Å². The molecule has 0 aliphatic carbocycles. The van der Waals surface area contributed by atoms with Crippen LogP contribution in [0.1, 0.15) is 28.2 Å². The molecule has 0 aromatic carbocycles. The van der Waals surface area contributed by atoms with Gasteiger partial charge in [-0.3, -0.25) is 14.8 Å². The smallest absolute Gasteiger partial charge is 0.280 e. The molecular formula is C24H18F2N8O. The van der Waals surface area contributed by atoms with E-state index in [1.54, 1.807) is 53.4 Å². The third-order valence-electron chi connectivity index (χ3n) is 5.09. The molecule has 0 atom stereocenters. The first-order valence-corrected chi connectivity index (χ1v) is 10.6. The van der Waals surface area contributed by atoms with E-state index in [0.29, 0.717) is 28.3 Å². The Kier molecular flexibility index (Phi) is 6.03. The molecule has 2 N–H and O–H groups in total. The Balaban J connectivity index is 1.47. The lowest BCUT2D eigenvalue weighted by Gasteiger charge is -2.13. The van der Waals surface area contributed by atoms with E-state index in [1.165, 1.54) is 18.3 Å². The molecule has 0 fully saturated rings. The van der Waals surface area contributed by atoms with E-state index in [4.69, 9.17) is 0 Å². The van der Waals surface area contributed by atoms with Crippen LogP contribution in [0.2, 0.25) is 0 Å². The number of amides is 1. The van der Waals surface area contributed by atoms with Crippen LogP contribution < -0.4 is 10.6 Å². The van der Waals surface area contributed by atoms with Gasteiger partial charge in [0.1, 0.15) is 16.9 Å². The summed E-state index contributed by atoms with van der Waals surface area (Å²) in [6.07, 6.45) is 3.63. The second-order valence-electron chi connectivity index (χ2n) is 7.42. The quantitative estimate of drug-likeness (QED) is 0.365. The van der Waals surface area contributed by atoms with Crippen molar-refractivity contribution in [3.8, 4) is 11.5 Å². The van der Waals surface area contributed by atoms with E-state index in [-0.39, 0.29) is 29.7 Å². The van der Waals surface area contributed by atoms with Crippen LogP contribution in [0.5, 0.6) is 0 Å². The largest absolute Gasteiger partial charge is 0.346 e. The molecule has 174 valence electrons. The van der Waals surface area contributed by atoms with Crippen molar-refractivity contribution in [2.45, 2.75) is 13.0 Å². The molecule has 5 aromatic heterocycles. The van der Waals surface area contributed by atoms with Crippen molar-refractivity contribution < 1.29 is 13.6 Å². The van der Waals surface area contributed by atoms with Crippen molar-refractivity contribution in [3.05, 3.63) is 96.3 Å². The molecular weight excluding hydrogens is 454 g/mol. The summed E-state index contributed by atoms with van der Waals surface area (Å²) in [5.74, 6) is 0.168. The minimum atomic E-state index is -2.72. The van der Waals surface area contributed by atoms with Crippen LogP contribution in [-0.2, 0) is 6.54 Å². The first kappa shape index (κ1) is 22.0. The highest BCUT2D eigenvalue weighted by Gasteiger charge is 2.17. The molecule has 0 aliphatic heterocycles. The minimum absolute atomic E-state index is 0.147. The number of carbonyl (C=O) groups excluding carboxylic acids is 1. The predicted molar refractivity (Wildman–Crippen MR) is 124 cm³/mol. The Hall–Kier alpha value is -4.80. The van der Waals surface area contributed by atoms with Crippen molar-refractivity contribution in [2.24, 2.45) is 0 Å². The molecule has 0 aliphatic rings. The average molecular weight is 472 g/mol. The van der Waals surface area contributed by atoms with Crippen molar-refractivity contribution in [1.82, 2.24) is 34.9 Å². The van der Waals surface area contributed by atoms with Gasteiger partial charge >= 0.3 is 0 Å². The average Bonchev–Trinajstić information content (AvgIpc) is 3.37. The number of pyridine rings is 3. The summed E-state index contributed by atoms with van der Waals surface area (Å²) in [4.78, 5) is 29.7. The number of nitrogens with one attached hydrogen (secondary N) is 2. The summed E-state index contributed by atoms with van der Waals surface area (Å²) >= 11 is 0. The molecule has 0 saturated carbocycles. The molecule has 9 nitrogen and oxygen atoms in total. The minimum Gasteiger partial charge on any atom is -0.346 e. The van der Waals surface area contributed by atoms with Crippen LogP contribution >= 0.6 is 0 Å². The van der Waals surface area contributed by atoms with Crippen molar-refractivity contribution in [3.63, 3.8) is 0 Å². The Morgan fingerprint density at radius 3 is 2.74 bits per heavy atom. The van der Waals surface area contributed by atoms with Crippen LogP contribution in [0, 0.1) is 0 Å². The number of carbonyl (C=O) groups is 1. The summed E-state index contributed by atoms with van der Waals surface area (Å²) in [6.45, 7) is 0.251. The zero-order valence-electron chi connectivity index (χ0n) is 18.1. The number of fused-ring (bicyclic) bond motifs is 1. The number of hydrogen-bond donors (Lipinski definition) is 2.